The van der Waals surface area contributed by atoms with Crippen LogP contribution in [0.15, 0.2) is 60.7 Å². The van der Waals surface area contributed by atoms with Crippen LogP contribution < -0.4 is 4.90 Å². The van der Waals surface area contributed by atoms with Crippen molar-refractivity contribution in [3.8, 4) is 6.07 Å². The first-order valence-corrected chi connectivity index (χ1v) is 9.22. The number of aryl methyl sites for hydroxylation is 1. The molecule has 4 rings (SSSR count). The standard InChI is InChI=1S/C22H18N2S/c1-3-15-8-4-5-12-19(15)24(2)20-13-7-11-18-17-10-6-9-16(14-23)21(17)25-22(18)20/h4-13H,3H2,1-2H3. The molecule has 4 aromatic rings. The van der Waals surface area contributed by atoms with Crippen molar-refractivity contribution < 1.29 is 0 Å². The van der Waals surface area contributed by atoms with Gasteiger partial charge in [-0.15, -0.1) is 11.3 Å². The highest BCUT2D eigenvalue weighted by atomic mass is 32.1. The molecule has 0 spiro atoms. The lowest BCUT2D eigenvalue weighted by molar-refractivity contribution is 1.10. The molecule has 0 saturated carbocycles. The van der Waals surface area contributed by atoms with Crippen LogP contribution in [0.4, 0.5) is 11.4 Å². The molecule has 0 aliphatic heterocycles. The predicted molar refractivity (Wildman–Crippen MR) is 108 cm³/mol. The molecule has 0 bridgehead atoms. The average Bonchev–Trinajstić information content (AvgIpc) is 3.06. The van der Waals surface area contributed by atoms with Crippen LogP contribution in [0.3, 0.4) is 0 Å². The summed E-state index contributed by atoms with van der Waals surface area (Å²) in [4.78, 5) is 2.27. The number of hydrogen-bond donors (Lipinski definition) is 0. The molecule has 2 nitrogen and oxygen atoms in total. The fraction of sp³-hybridized carbons (Fsp3) is 0.136. The Morgan fingerprint density at radius 3 is 2.32 bits per heavy atom. The lowest BCUT2D eigenvalue weighted by Crippen LogP contribution is -2.11. The van der Waals surface area contributed by atoms with E-state index in [4.69, 9.17) is 0 Å². The summed E-state index contributed by atoms with van der Waals surface area (Å²) >= 11 is 1.71. The first-order chi connectivity index (χ1) is 12.2. The van der Waals surface area contributed by atoms with Gasteiger partial charge < -0.3 is 4.90 Å². The van der Waals surface area contributed by atoms with Crippen LogP contribution in [0.2, 0.25) is 0 Å². The number of benzene rings is 3. The number of para-hydroxylation sites is 1. The van der Waals surface area contributed by atoms with Gasteiger partial charge in [-0.05, 0) is 30.2 Å². The zero-order valence-corrected chi connectivity index (χ0v) is 15.1. The van der Waals surface area contributed by atoms with E-state index in [1.807, 2.05) is 12.1 Å². The Bertz CT molecular complexity index is 1120. The summed E-state index contributed by atoms with van der Waals surface area (Å²) in [5.74, 6) is 0. The van der Waals surface area contributed by atoms with Crippen LogP contribution in [-0.2, 0) is 6.42 Å². The second-order valence-electron chi connectivity index (χ2n) is 6.09. The number of hydrogen-bond acceptors (Lipinski definition) is 3. The number of fused-ring (bicyclic) bond motifs is 3. The van der Waals surface area contributed by atoms with Gasteiger partial charge in [0.25, 0.3) is 0 Å². The predicted octanol–water partition coefficient (Wildman–Crippen LogP) is 6.26. The summed E-state index contributed by atoms with van der Waals surface area (Å²) in [7, 11) is 2.12. The molecule has 0 aliphatic carbocycles. The minimum Gasteiger partial charge on any atom is -0.343 e. The normalized spacial score (nSPS) is 10.9. The van der Waals surface area contributed by atoms with Crippen molar-refractivity contribution in [2.75, 3.05) is 11.9 Å². The van der Waals surface area contributed by atoms with Crippen molar-refractivity contribution >= 4 is 42.9 Å². The van der Waals surface area contributed by atoms with Crippen LogP contribution in [-0.4, -0.2) is 7.05 Å². The van der Waals surface area contributed by atoms with Crippen LogP contribution in [0.1, 0.15) is 18.1 Å². The highest BCUT2D eigenvalue weighted by Crippen LogP contribution is 2.42. The van der Waals surface area contributed by atoms with Crippen LogP contribution in [0.25, 0.3) is 20.2 Å². The Kier molecular flexibility index (Phi) is 3.91. The van der Waals surface area contributed by atoms with E-state index in [0.29, 0.717) is 0 Å². The number of thiophene rings is 1. The Labute approximate surface area is 151 Å². The minimum atomic E-state index is 0.751. The maximum Gasteiger partial charge on any atom is 0.101 e. The molecule has 0 fully saturated rings. The van der Waals surface area contributed by atoms with Crippen molar-refractivity contribution in [3.05, 3.63) is 71.8 Å². The highest BCUT2D eigenvalue weighted by molar-refractivity contribution is 7.26. The first kappa shape index (κ1) is 15.7. The molecule has 0 N–H and O–H groups in total. The third-order valence-electron chi connectivity index (χ3n) is 4.72. The van der Waals surface area contributed by atoms with Crippen molar-refractivity contribution in [1.82, 2.24) is 0 Å². The first-order valence-electron chi connectivity index (χ1n) is 8.40. The molecule has 0 radical (unpaired) electrons. The van der Waals surface area contributed by atoms with Crippen molar-refractivity contribution in [2.24, 2.45) is 0 Å². The molecule has 0 aliphatic rings. The second-order valence-corrected chi connectivity index (χ2v) is 7.11. The van der Waals surface area contributed by atoms with Crippen LogP contribution in [0.5, 0.6) is 0 Å². The molecule has 0 atom stereocenters. The molecule has 3 heteroatoms. The van der Waals surface area contributed by atoms with Gasteiger partial charge in [0.2, 0.25) is 0 Å². The Morgan fingerprint density at radius 2 is 1.56 bits per heavy atom. The summed E-state index contributed by atoms with van der Waals surface area (Å²) < 4.78 is 2.30. The van der Waals surface area contributed by atoms with E-state index in [0.717, 1.165) is 22.1 Å². The van der Waals surface area contributed by atoms with Gasteiger partial charge in [-0.3, -0.25) is 0 Å². The van der Waals surface area contributed by atoms with E-state index in [2.05, 4.69) is 73.5 Å². The van der Waals surface area contributed by atoms with Gasteiger partial charge in [0.05, 0.1) is 20.7 Å². The second kappa shape index (κ2) is 6.23. The van der Waals surface area contributed by atoms with Gasteiger partial charge >= 0.3 is 0 Å². The van der Waals surface area contributed by atoms with Gasteiger partial charge in [0.1, 0.15) is 6.07 Å². The maximum atomic E-state index is 9.43. The van der Waals surface area contributed by atoms with E-state index in [1.54, 1.807) is 11.3 Å². The summed E-state index contributed by atoms with van der Waals surface area (Å²) in [6.45, 7) is 2.19. The van der Waals surface area contributed by atoms with Crippen LogP contribution in [0, 0.1) is 11.3 Å². The molecule has 0 saturated heterocycles. The zero-order valence-electron chi connectivity index (χ0n) is 14.3. The van der Waals surface area contributed by atoms with E-state index < -0.39 is 0 Å². The maximum absolute atomic E-state index is 9.43. The SMILES string of the molecule is CCc1ccccc1N(C)c1cccc2c1sc1c(C#N)cccc12. The fourth-order valence-corrected chi connectivity index (χ4v) is 4.74. The molecule has 122 valence electrons. The molecule has 3 aromatic carbocycles. The summed E-state index contributed by atoms with van der Waals surface area (Å²) in [5, 5.41) is 11.8. The molecule has 1 heterocycles. The molecular weight excluding hydrogens is 324 g/mol. The smallest absolute Gasteiger partial charge is 0.101 e. The lowest BCUT2D eigenvalue weighted by atomic mass is 10.1. The topological polar surface area (TPSA) is 27.0 Å². The number of rotatable bonds is 3. The third-order valence-corrected chi connectivity index (χ3v) is 6.00. The molecule has 0 unspecified atom stereocenters. The summed E-state index contributed by atoms with van der Waals surface area (Å²) in [6.07, 6.45) is 1.00. The van der Waals surface area contributed by atoms with Gasteiger partial charge in [-0.25, -0.2) is 0 Å². The van der Waals surface area contributed by atoms with Gasteiger partial charge in [-0.2, -0.15) is 5.26 Å². The highest BCUT2D eigenvalue weighted by Gasteiger charge is 2.15. The Hall–Kier alpha value is -2.83. The summed E-state index contributed by atoms with van der Waals surface area (Å²) in [6, 6.07) is 23.3. The monoisotopic (exact) mass is 342 g/mol. The molecular formula is C22H18N2S. The lowest BCUT2D eigenvalue weighted by Gasteiger charge is -2.23. The number of anilines is 2. The number of nitrogens with zero attached hydrogens (tertiary/aromatic N) is 2. The van der Waals surface area contributed by atoms with E-state index >= 15 is 0 Å². The molecule has 25 heavy (non-hydrogen) atoms. The van der Waals surface area contributed by atoms with Gasteiger partial charge in [-0.1, -0.05) is 49.4 Å². The van der Waals surface area contributed by atoms with Crippen molar-refractivity contribution in [2.45, 2.75) is 13.3 Å². The van der Waals surface area contributed by atoms with E-state index in [1.165, 1.54) is 27.0 Å². The quantitative estimate of drug-likeness (QED) is 0.439. The van der Waals surface area contributed by atoms with Crippen molar-refractivity contribution in [1.29, 1.82) is 5.26 Å². The Morgan fingerprint density at radius 1 is 0.880 bits per heavy atom. The minimum absolute atomic E-state index is 0.751. The van der Waals surface area contributed by atoms with Gasteiger partial charge in [0.15, 0.2) is 0 Å². The fourth-order valence-electron chi connectivity index (χ4n) is 3.42. The van der Waals surface area contributed by atoms with Gasteiger partial charge in [0, 0.05) is 23.5 Å². The average molecular weight is 342 g/mol. The van der Waals surface area contributed by atoms with Crippen molar-refractivity contribution in [3.63, 3.8) is 0 Å². The zero-order chi connectivity index (χ0) is 17.4. The molecule has 1 aromatic heterocycles. The largest absolute Gasteiger partial charge is 0.343 e. The van der Waals surface area contributed by atoms with E-state index in [9.17, 15) is 5.26 Å². The Balaban J connectivity index is 1.98. The third kappa shape index (κ3) is 2.47. The molecule has 0 amide bonds. The summed E-state index contributed by atoms with van der Waals surface area (Å²) in [5.41, 5.74) is 4.50. The number of nitriles is 1. The van der Waals surface area contributed by atoms with E-state index in [-0.39, 0.29) is 0 Å². The van der Waals surface area contributed by atoms with Crippen LogP contribution >= 0.6 is 11.3 Å².